The van der Waals surface area contributed by atoms with Crippen LogP contribution in [0.2, 0.25) is 0 Å². The minimum Gasteiger partial charge on any atom is -0.478 e. The van der Waals surface area contributed by atoms with Crippen LogP contribution in [0.4, 0.5) is 35.1 Å². The van der Waals surface area contributed by atoms with Crippen LogP contribution in [-0.2, 0) is 4.79 Å². The molecule has 0 aliphatic rings. The van der Waals surface area contributed by atoms with Gasteiger partial charge in [0.25, 0.3) is 0 Å². The van der Waals surface area contributed by atoms with Gasteiger partial charge in [0, 0.05) is 5.57 Å². The van der Waals surface area contributed by atoms with Crippen LogP contribution in [0.1, 0.15) is 20.8 Å². The summed E-state index contributed by atoms with van der Waals surface area (Å²) in [6.07, 6.45) is -4.90. The Kier molecular flexibility index (Phi) is 5.10. The lowest BCUT2D eigenvalue weighted by Crippen LogP contribution is -2.62. The van der Waals surface area contributed by atoms with Crippen molar-refractivity contribution in [3.8, 4) is 0 Å². The average Bonchev–Trinajstić information content (AvgIpc) is 2.26. The topological polar surface area (TPSA) is 37.3 Å². The zero-order chi connectivity index (χ0) is 17.4. The molecule has 0 radical (unpaired) electrons. The van der Waals surface area contributed by atoms with Crippen molar-refractivity contribution in [1.29, 1.82) is 0 Å². The summed E-state index contributed by atoms with van der Waals surface area (Å²) < 4.78 is 103. The van der Waals surface area contributed by atoms with Crippen LogP contribution < -0.4 is 0 Å². The molecule has 0 amide bonds. The van der Waals surface area contributed by atoms with E-state index in [-0.39, 0.29) is 6.08 Å². The van der Waals surface area contributed by atoms with E-state index < -0.39 is 41.2 Å². The predicted molar refractivity (Wildman–Crippen MR) is 56.0 cm³/mol. The van der Waals surface area contributed by atoms with E-state index in [0.717, 1.165) is 6.92 Å². The van der Waals surface area contributed by atoms with Crippen molar-refractivity contribution in [2.45, 2.75) is 45.0 Å². The second-order valence-corrected chi connectivity index (χ2v) is 4.93. The molecule has 1 N–H and O–H groups in total. The van der Waals surface area contributed by atoms with Gasteiger partial charge in [-0.1, -0.05) is 19.9 Å². The molecule has 0 saturated heterocycles. The maximum absolute atomic E-state index is 13.7. The molecule has 124 valence electrons. The van der Waals surface area contributed by atoms with E-state index in [2.05, 4.69) is 0 Å². The SMILES string of the molecule is C/C(=C\C(C)(C)C(F)(F)C(F)(F)C(F)(F)C(F)F)C(=O)O. The molecule has 0 aromatic rings. The number of carboxylic acid groups (broad SMARTS) is 1. The van der Waals surface area contributed by atoms with Crippen molar-refractivity contribution in [2.24, 2.45) is 5.41 Å². The number of hydrogen-bond acceptors (Lipinski definition) is 1. The first-order chi connectivity index (χ1) is 9.02. The van der Waals surface area contributed by atoms with Crippen molar-refractivity contribution < 1.29 is 45.0 Å². The average molecular weight is 328 g/mol. The molecule has 0 heterocycles. The quantitative estimate of drug-likeness (QED) is 0.586. The van der Waals surface area contributed by atoms with Gasteiger partial charge in [-0.25, -0.2) is 13.6 Å². The third kappa shape index (κ3) is 3.13. The van der Waals surface area contributed by atoms with Crippen LogP contribution in [0.3, 0.4) is 0 Å². The standard InChI is InChI=1S/C11H12F8O2/c1-5(6(20)21)4-8(2,3)10(16,17)11(18,19)9(14,15)7(12)13/h4,7H,1-3H3,(H,20,21)/b5-4+. The Morgan fingerprint density at radius 1 is 1.00 bits per heavy atom. The number of hydrogen-bond donors (Lipinski definition) is 1. The first-order valence-corrected chi connectivity index (χ1v) is 5.36. The summed E-state index contributed by atoms with van der Waals surface area (Å²) in [7, 11) is 0. The van der Waals surface area contributed by atoms with Crippen LogP contribution in [-0.4, -0.2) is 35.3 Å². The lowest BCUT2D eigenvalue weighted by molar-refractivity contribution is -0.356. The predicted octanol–water partition coefficient (Wildman–Crippen LogP) is 4.21. The zero-order valence-electron chi connectivity index (χ0n) is 11.0. The molecular formula is C11H12F8O2. The molecule has 21 heavy (non-hydrogen) atoms. The molecule has 0 aromatic carbocycles. The highest BCUT2D eigenvalue weighted by Gasteiger charge is 2.78. The van der Waals surface area contributed by atoms with Crippen LogP contribution in [0, 0.1) is 5.41 Å². The lowest BCUT2D eigenvalue weighted by Gasteiger charge is -2.40. The van der Waals surface area contributed by atoms with E-state index in [1.54, 1.807) is 0 Å². The monoisotopic (exact) mass is 328 g/mol. The van der Waals surface area contributed by atoms with Gasteiger partial charge in [-0.3, -0.25) is 0 Å². The van der Waals surface area contributed by atoms with Crippen molar-refractivity contribution in [2.75, 3.05) is 0 Å². The van der Waals surface area contributed by atoms with Crippen LogP contribution in [0.5, 0.6) is 0 Å². The van der Waals surface area contributed by atoms with Gasteiger partial charge >= 0.3 is 30.2 Å². The van der Waals surface area contributed by atoms with Crippen molar-refractivity contribution in [3.05, 3.63) is 11.6 Å². The Morgan fingerprint density at radius 2 is 1.38 bits per heavy atom. The zero-order valence-corrected chi connectivity index (χ0v) is 11.0. The van der Waals surface area contributed by atoms with Gasteiger partial charge in [0.05, 0.1) is 5.41 Å². The van der Waals surface area contributed by atoms with E-state index in [4.69, 9.17) is 5.11 Å². The molecule has 2 nitrogen and oxygen atoms in total. The summed E-state index contributed by atoms with van der Waals surface area (Å²) in [6, 6.07) is 0. The van der Waals surface area contributed by atoms with E-state index in [1.165, 1.54) is 0 Å². The second-order valence-electron chi connectivity index (χ2n) is 4.93. The second kappa shape index (κ2) is 5.45. The fraction of sp³-hybridized carbons (Fsp3) is 0.727. The van der Waals surface area contributed by atoms with E-state index in [1.807, 2.05) is 0 Å². The first-order valence-electron chi connectivity index (χ1n) is 5.36. The summed E-state index contributed by atoms with van der Waals surface area (Å²) >= 11 is 0. The van der Waals surface area contributed by atoms with Crippen molar-refractivity contribution in [3.63, 3.8) is 0 Å². The Labute approximate surface area is 114 Å². The molecular weight excluding hydrogens is 316 g/mol. The number of rotatable bonds is 6. The van der Waals surface area contributed by atoms with Crippen LogP contribution in [0.15, 0.2) is 11.6 Å². The summed E-state index contributed by atoms with van der Waals surface area (Å²) in [4.78, 5) is 10.5. The molecule has 0 rings (SSSR count). The molecule has 0 fully saturated rings. The molecule has 0 bridgehead atoms. The molecule has 0 aliphatic carbocycles. The highest BCUT2D eigenvalue weighted by molar-refractivity contribution is 5.85. The maximum Gasteiger partial charge on any atom is 0.378 e. The van der Waals surface area contributed by atoms with Gasteiger partial charge in [0.1, 0.15) is 0 Å². The van der Waals surface area contributed by atoms with Gasteiger partial charge in [0.15, 0.2) is 0 Å². The molecule has 0 spiro atoms. The fourth-order valence-corrected chi connectivity index (χ4v) is 1.44. The minimum absolute atomic E-state index is 0.116. The van der Waals surface area contributed by atoms with Gasteiger partial charge in [-0.15, -0.1) is 0 Å². The van der Waals surface area contributed by atoms with E-state index >= 15 is 0 Å². The van der Waals surface area contributed by atoms with Gasteiger partial charge in [0.2, 0.25) is 0 Å². The highest BCUT2D eigenvalue weighted by atomic mass is 19.4. The Hall–Kier alpha value is -1.35. The molecule has 0 unspecified atom stereocenters. The van der Waals surface area contributed by atoms with E-state index in [0.29, 0.717) is 13.8 Å². The number of carboxylic acids is 1. The van der Waals surface area contributed by atoms with Gasteiger partial charge in [-0.05, 0) is 6.92 Å². The third-order valence-electron chi connectivity index (χ3n) is 2.81. The summed E-state index contributed by atoms with van der Waals surface area (Å²) in [5.41, 5.74) is -3.94. The molecule has 10 heteroatoms. The van der Waals surface area contributed by atoms with Gasteiger partial charge < -0.3 is 5.11 Å². The first kappa shape index (κ1) is 19.7. The number of carbonyl (C=O) groups is 1. The number of alkyl halides is 8. The van der Waals surface area contributed by atoms with E-state index in [9.17, 15) is 39.9 Å². The molecule has 0 atom stereocenters. The number of allylic oxidation sites excluding steroid dienone is 1. The normalized spacial score (nSPS) is 15.5. The van der Waals surface area contributed by atoms with Gasteiger partial charge in [-0.2, -0.15) is 26.3 Å². The lowest BCUT2D eigenvalue weighted by atomic mass is 9.78. The van der Waals surface area contributed by atoms with Crippen LogP contribution >= 0.6 is 0 Å². The summed E-state index contributed by atoms with van der Waals surface area (Å²) in [5, 5.41) is 8.49. The fourth-order valence-electron chi connectivity index (χ4n) is 1.44. The Bertz CT molecular complexity index is 440. The third-order valence-corrected chi connectivity index (χ3v) is 2.81. The van der Waals surface area contributed by atoms with Crippen LogP contribution in [0.25, 0.3) is 0 Å². The molecule has 0 aromatic heterocycles. The largest absolute Gasteiger partial charge is 0.478 e. The summed E-state index contributed by atoms with van der Waals surface area (Å²) in [5.74, 6) is -20.0. The molecule has 0 aliphatic heterocycles. The Balaban J connectivity index is 5.96. The molecule has 0 saturated carbocycles. The minimum atomic E-state index is -6.38. The highest BCUT2D eigenvalue weighted by Crippen LogP contribution is 2.55. The Morgan fingerprint density at radius 3 is 1.67 bits per heavy atom. The smallest absolute Gasteiger partial charge is 0.378 e. The van der Waals surface area contributed by atoms with Crippen molar-refractivity contribution >= 4 is 5.97 Å². The summed E-state index contributed by atoms with van der Waals surface area (Å²) in [6.45, 7) is 1.45. The number of aliphatic carboxylic acids is 1. The number of halogens is 8. The maximum atomic E-state index is 13.7. The van der Waals surface area contributed by atoms with Crippen molar-refractivity contribution in [1.82, 2.24) is 0 Å².